The molecule has 0 spiro atoms. The van der Waals surface area contributed by atoms with Gasteiger partial charge in [-0.2, -0.15) is 0 Å². The van der Waals surface area contributed by atoms with Gasteiger partial charge in [-0.05, 0) is 37.5 Å². The van der Waals surface area contributed by atoms with Crippen LogP contribution in [-0.4, -0.2) is 15.9 Å². The second-order valence-corrected chi connectivity index (χ2v) is 5.69. The van der Waals surface area contributed by atoms with Gasteiger partial charge in [-0.3, -0.25) is 4.79 Å². The number of hydrogen-bond donors (Lipinski definition) is 1. The molecule has 2 aromatic carbocycles. The second-order valence-electron chi connectivity index (χ2n) is 5.69. The summed E-state index contributed by atoms with van der Waals surface area (Å²) in [6.45, 7) is 0.724. The molecule has 0 aliphatic carbocycles. The maximum Gasteiger partial charge on any atom is 0.155 e. The van der Waals surface area contributed by atoms with E-state index in [4.69, 9.17) is 9.22 Å². The van der Waals surface area contributed by atoms with Crippen molar-refractivity contribution >= 4 is 5.78 Å². The molecule has 1 radical (unpaired) electrons. The first-order chi connectivity index (χ1) is 13.7. The molecule has 1 heterocycles. The van der Waals surface area contributed by atoms with Gasteiger partial charge in [-0.15, -0.1) is 35.4 Å². The Morgan fingerprint density at radius 2 is 1.85 bits per heavy atom. The van der Waals surface area contributed by atoms with Crippen molar-refractivity contribution in [1.82, 2.24) is 4.98 Å². The number of aromatic nitrogens is 1. The van der Waals surface area contributed by atoms with E-state index < -0.39 is 6.85 Å². The van der Waals surface area contributed by atoms with Crippen LogP contribution in [0.5, 0.6) is 0 Å². The molecule has 0 atom stereocenters. The maximum absolute atomic E-state index is 10.0. The molecule has 0 saturated carbocycles. The number of rotatable bonds is 3. The minimum absolute atomic E-state index is 0. The Morgan fingerprint density at radius 1 is 1.11 bits per heavy atom. The van der Waals surface area contributed by atoms with Gasteiger partial charge in [0, 0.05) is 36.5 Å². The van der Waals surface area contributed by atoms with Crippen molar-refractivity contribution in [3.63, 3.8) is 0 Å². The molecule has 3 aromatic rings. The van der Waals surface area contributed by atoms with E-state index in [2.05, 4.69) is 11.1 Å². The van der Waals surface area contributed by atoms with E-state index in [1.807, 2.05) is 48.5 Å². The quantitative estimate of drug-likeness (QED) is 0.269. The van der Waals surface area contributed by atoms with Gasteiger partial charge in [0.1, 0.15) is 0 Å². The molecule has 141 valence electrons. The zero-order valence-corrected chi connectivity index (χ0v) is 17.5. The predicted octanol–water partition coefficient (Wildman–Crippen LogP) is 5.56. The number of carbonyl (C=O) groups is 1. The van der Waals surface area contributed by atoms with Gasteiger partial charge in [-0.25, -0.2) is 0 Å². The molecule has 1 aromatic heterocycles. The fraction of sp³-hybridized carbons (Fsp3) is 0.130. The summed E-state index contributed by atoms with van der Waals surface area (Å²) in [5.74, 6) is -0.0625. The molecule has 0 amide bonds. The molecule has 0 fully saturated rings. The summed E-state index contributed by atoms with van der Waals surface area (Å²) in [6.07, 6.45) is 2.57. The number of allylic oxidation sites excluding steroid dienone is 2. The SMILES string of the molecule is CC(=O)/C=C(/C)O.[2H]C([2H])([2H])c1ccc(-c2[c-]ccc(-c3ccccc3)c2)nc1.[Ir]. The number of benzene rings is 2. The van der Waals surface area contributed by atoms with E-state index in [9.17, 15) is 4.79 Å². The van der Waals surface area contributed by atoms with Gasteiger partial charge < -0.3 is 10.1 Å². The van der Waals surface area contributed by atoms with Crippen LogP contribution in [0.3, 0.4) is 0 Å². The number of aliphatic hydroxyl groups excluding tert-OH is 1. The van der Waals surface area contributed by atoms with Crippen molar-refractivity contribution in [2.45, 2.75) is 20.7 Å². The van der Waals surface area contributed by atoms with E-state index in [0.717, 1.165) is 16.7 Å². The zero-order valence-electron chi connectivity index (χ0n) is 18.1. The number of carbonyl (C=O) groups excluding carboxylic acids is 1. The molecule has 0 saturated heterocycles. The smallest absolute Gasteiger partial charge is 0.155 e. The van der Waals surface area contributed by atoms with Gasteiger partial charge >= 0.3 is 0 Å². The summed E-state index contributed by atoms with van der Waals surface area (Å²) in [5, 5.41) is 8.36. The van der Waals surface area contributed by atoms with E-state index in [1.54, 1.807) is 12.1 Å². The summed E-state index contributed by atoms with van der Waals surface area (Å²) in [7, 11) is 0. The van der Waals surface area contributed by atoms with E-state index in [-0.39, 0.29) is 37.2 Å². The van der Waals surface area contributed by atoms with Crippen molar-refractivity contribution in [2.75, 3.05) is 0 Å². The van der Waals surface area contributed by atoms with Crippen LogP contribution in [0.15, 0.2) is 78.7 Å². The van der Waals surface area contributed by atoms with Crippen molar-refractivity contribution in [1.29, 1.82) is 0 Å². The van der Waals surface area contributed by atoms with Crippen LogP contribution < -0.4 is 0 Å². The summed E-state index contributed by atoms with van der Waals surface area (Å²) in [6, 6.07) is 22.4. The van der Waals surface area contributed by atoms with Gasteiger partial charge in [-0.1, -0.05) is 42.5 Å². The third-order valence-corrected chi connectivity index (χ3v) is 3.36. The van der Waals surface area contributed by atoms with Crippen molar-refractivity contribution in [3.8, 4) is 22.4 Å². The van der Waals surface area contributed by atoms with Crippen molar-refractivity contribution in [3.05, 3.63) is 90.3 Å². The van der Waals surface area contributed by atoms with Crippen LogP contribution in [0.4, 0.5) is 0 Å². The first-order valence-electron chi connectivity index (χ1n) is 9.58. The number of pyridine rings is 1. The molecule has 27 heavy (non-hydrogen) atoms. The largest absolute Gasteiger partial charge is 0.512 e. The Balaban J connectivity index is 0.000000489. The van der Waals surface area contributed by atoms with E-state index in [0.29, 0.717) is 5.69 Å². The average Bonchev–Trinajstić information content (AvgIpc) is 2.68. The summed E-state index contributed by atoms with van der Waals surface area (Å²) >= 11 is 0. The molecule has 4 heteroatoms. The first kappa shape index (κ1) is 17.8. The first-order valence-corrected chi connectivity index (χ1v) is 8.08. The fourth-order valence-corrected chi connectivity index (χ4v) is 2.27. The topological polar surface area (TPSA) is 50.2 Å². The van der Waals surface area contributed by atoms with Gasteiger partial charge in [0.05, 0.1) is 5.76 Å². The van der Waals surface area contributed by atoms with Crippen molar-refractivity contribution < 1.29 is 34.1 Å². The molecule has 0 aliphatic rings. The van der Waals surface area contributed by atoms with E-state index in [1.165, 1.54) is 26.1 Å². The second kappa shape index (κ2) is 11.2. The molecule has 0 bridgehead atoms. The molecule has 1 N–H and O–H groups in total. The number of aliphatic hydroxyl groups is 1. The van der Waals surface area contributed by atoms with Crippen LogP contribution in [0, 0.1) is 12.9 Å². The average molecular weight is 540 g/mol. The van der Waals surface area contributed by atoms with Crippen LogP contribution in [0.25, 0.3) is 22.4 Å². The van der Waals surface area contributed by atoms with E-state index >= 15 is 0 Å². The van der Waals surface area contributed by atoms with Gasteiger partial charge in [0.15, 0.2) is 5.78 Å². The van der Waals surface area contributed by atoms with Crippen LogP contribution in [0.2, 0.25) is 0 Å². The molecular formula is C23H22IrNO2-. The minimum atomic E-state index is -2.12. The number of nitrogens with zero attached hydrogens (tertiary/aromatic N) is 1. The standard InChI is InChI=1S/C18H14N.C5H8O2.Ir/c1-14-10-11-18(19-13-14)17-9-5-8-16(12-17)15-6-3-2-4-7-15;1-4(6)3-5(2)7;/h2-8,10-13H,1H3;3,6H,1-2H3;/q-1;;/b;4-3-;/i1D3;;. The third-order valence-electron chi connectivity index (χ3n) is 3.36. The summed E-state index contributed by atoms with van der Waals surface area (Å²) in [4.78, 5) is 14.3. The summed E-state index contributed by atoms with van der Waals surface area (Å²) in [5.41, 5.74) is 4.01. The Kier molecular flexibility index (Phi) is 7.42. The monoisotopic (exact) mass is 540 g/mol. The normalized spacial score (nSPS) is 12.4. The molecule has 0 unspecified atom stereocenters. The summed E-state index contributed by atoms with van der Waals surface area (Å²) < 4.78 is 22.1. The van der Waals surface area contributed by atoms with Gasteiger partial charge in [0.2, 0.25) is 0 Å². The number of aryl methyl sites for hydroxylation is 1. The van der Waals surface area contributed by atoms with Crippen LogP contribution >= 0.6 is 0 Å². The predicted molar refractivity (Wildman–Crippen MR) is 106 cm³/mol. The number of ketones is 1. The maximum atomic E-state index is 10.0. The Labute approximate surface area is 178 Å². The molecule has 3 nitrogen and oxygen atoms in total. The minimum Gasteiger partial charge on any atom is -0.512 e. The molecule has 3 rings (SSSR count). The zero-order chi connectivity index (χ0) is 21.4. The van der Waals surface area contributed by atoms with Crippen molar-refractivity contribution in [2.24, 2.45) is 0 Å². The van der Waals surface area contributed by atoms with Gasteiger partial charge in [0.25, 0.3) is 0 Å². The van der Waals surface area contributed by atoms with Crippen LogP contribution in [0.1, 0.15) is 23.5 Å². The number of hydrogen-bond acceptors (Lipinski definition) is 3. The third kappa shape index (κ3) is 7.69. The Morgan fingerprint density at radius 3 is 2.37 bits per heavy atom. The fourth-order valence-electron chi connectivity index (χ4n) is 2.27. The van der Waals surface area contributed by atoms with Crippen LogP contribution in [-0.2, 0) is 24.9 Å². The Bertz CT molecular complexity index is 981. The molecule has 0 aliphatic heterocycles. The molecular weight excluding hydrogens is 514 g/mol. The Hall–Kier alpha value is -2.55.